The van der Waals surface area contributed by atoms with Gasteiger partial charge in [-0.3, -0.25) is 14.4 Å². The molecule has 0 aromatic heterocycles. The van der Waals surface area contributed by atoms with Crippen LogP contribution in [0.3, 0.4) is 0 Å². The second kappa shape index (κ2) is 9.03. The summed E-state index contributed by atoms with van der Waals surface area (Å²) in [6, 6.07) is 13.7. The van der Waals surface area contributed by atoms with E-state index in [1.807, 2.05) is 6.92 Å². The Labute approximate surface area is 163 Å². The standard InChI is InChI=1S/C21H23N3O4/c1-2-28-19-9-7-18(8-10-19)22-20(26)16-3-5-17(6-4-16)21(27)24-13-11-23(15-25)12-14-24/h3-10,15H,2,11-14H2,1H3,(H,22,26). The summed E-state index contributed by atoms with van der Waals surface area (Å²) in [6.07, 6.45) is 0.805. The third-order valence-corrected chi connectivity index (χ3v) is 4.57. The highest BCUT2D eigenvalue weighted by Gasteiger charge is 2.21. The number of piperazine rings is 1. The Kier molecular flexibility index (Phi) is 6.26. The first-order valence-electron chi connectivity index (χ1n) is 9.23. The maximum Gasteiger partial charge on any atom is 0.255 e. The Hall–Kier alpha value is -3.35. The minimum absolute atomic E-state index is 0.0935. The Bertz CT molecular complexity index is 826. The smallest absolute Gasteiger partial charge is 0.255 e. The number of hydrogen-bond donors (Lipinski definition) is 1. The van der Waals surface area contributed by atoms with Crippen molar-refractivity contribution in [3.05, 3.63) is 59.7 Å². The van der Waals surface area contributed by atoms with Gasteiger partial charge in [0, 0.05) is 43.0 Å². The molecule has 2 aromatic carbocycles. The molecule has 28 heavy (non-hydrogen) atoms. The van der Waals surface area contributed by atoms with Gasteiger partial charge in [0.25, 0.3) is 11.8 Å². The summed E-state index contributed by atoms with van der Waals surface area (Å²) in [5.41, 5.74) is 1.66. The lowest BCUT2D eigenvalue weighted by Crippen LogP contribution is -2.48. The van der Waals surface area contributed by atoms with E-state index < -0.39 is 0 Å². The number of rotatable bonds is 6. The van der Waals surface area contributed by atoms with Gasteiger partial charge in [-0.1, -0.05) is 0 Å². The molecule has 2 aromatic rings. The van der Waals surface area contributed by atoms with Crippen LogP contribution in [0.4, 0.5) is 5.69 Å². The van der Waals surface area contributed by atoms with Crippen molar-refractivity contribution < 1.29 is 19.1 Å². The van der Waals surface area contributed by atoms with E-state index in [9.17, 15) is 14.4 Å². The van der Waals surface area contributed by atoms with Crippen LogP contribution in [-0.4, -0.2) is 60.8 Å². The molecule has 0 aliphatic carbocycles. The van der Waals surface area contributed by atoms with Crippen molar-refractivity contribution in [2.45, 2.75) is 6.92 Å². The van der Waals surface area contributed by atoms with E-state index in [0.29, 0.717) is 49.6 Å². The van der Waals surface area contributed by atoms with Crippen molar-refractivity contribution in [1.29, 1.82) is 0 Å². The number of hydrogen-bond acceptors (Lipinski definition) is 4. The molecule has 1 aliphatic rings. The van der Waals surface area contributed by atoms with E-state index in [0.717, 1.165) is 12.2 Å². The summed E-state index contributed by atoms with van der Waals surface area (Å²) < 4.78 is 5.38. The summed E-state index contributed by atoms with van der Waals surface area (Å²) in [4.78, 5) is 39.1. The molecule has 0 spiro atoms. The highest BCUT2D eigenvalue weighted by molar-refractivity contribution is 6.05. The fourth-order valence-corrected chi connectivity index (χ4v) is 2.98. The number of anilines is 1. The molecule has 146 valence electrons. The monoisotopic (exact) mass is 381 g/mol. The molecule has 3 amide bonds. The Morgan fingerprint density at radius 2 is 1.57 bits per heavy atom. The van der Waals surface area contributed by atoms with Gasteiger partial charge < -0.3 is 19.9 Å². The molecule has 7 heteroatoms. The van der Waals surface area contributed by atoms with Gasteiger partial charge in [-0.15, -0.1) is 0 Å². The van der Waals surface area contributed by atoms with E-state index >= 15 is 0 Å². The lowest BCUT2D eigenvalue weighted by atomic mass is 10.1. The highest BCUT2D eigenvalue weighted by atomic mass is 16.5. The molecule has 0 atom stereocenters. The molecule has 0 unspecified atom stereocenters. The number of carbonyl (C=O) groups is 3. The summed E-state index contributed by atoms with van der Waals surface area (Å²) in [5, 5.41) is 2.82. The van der Waals surface area contributed by atoms with Crippen molar-refractivity contribution >= 4 is 23.9 Å². The third kappa shape index (κ3) is 4.68. The summed E-state index contributed by atoms with van der Waals surface area (Å²) in [5.74, 6) is 0.407. The topological polar surface area (TPSA) is 79.0 Å². The molecule has 7 nitrogen and oxygen atoms in total. The van der Waals surface area contributed by atoms with Crippen LogP contribution in [0.5, 0.6) is 5.75 Å². The number of nitrogens with one attached hydrogen (secondary N) is 1. The molecule has 1 aliphatic heterocycles. The van der Waals surface area contributed by atoms with Gasteiger partial charge in [-0.05, 0) is 55.5 Å². The fourth-order valence-electron chi connectivity index (χ4n) is 2.98. The third-order valence-electron chi connectivity index (χ3n) is 4.57. The van der Waals surface area contributed by atoms with E-state index in [-0.39, 0.29) is 11.8 Å². The van der Waals surface area contributed by atoms with Gasteiger partial charge in [0.15, 0.2) is 0 Å². The van der Waals surface area contributed by atoms with Crippen molar-refractivity contribution in [3.63, 3.8) is 0 Å². The van der Waals surface area contributed by atoms with Gasteiger partial charge in [-0.2, -0.15) is 0 Å². The van der Waals surface area contributed by atoms with Crippen LogP contribution in [0, 0.1) is 0 Å². The molecule has 0 saturated carbocycles. The summed E-state index contributed by atoms with van der Waals surface area (Å²) in [6.45, 7) is 4.60. The Morgan fingerprint density at radius 3 is 2.14 bits per heavy atom. The minimum Gasteiger partial charge on any atom is -0.494 e. The first-order chi connectivity index (χ1) is 13.6. The average molecular weight is 381 g/mol. The SMILES string of the molecule is CCOc1ccc(NC(=O)c2ccc(C(=O)N3CCN(C=O)CC3)cc2)cc1. The fraction of sp³-hybridized carbons (Fsp3) is 0.286. The second-order valence-corrected chi connectivity index (χ2v) is 6.42. The molecule has 0 bridgehead atoms. The molecule has 1 N–H and O–H groups in total. The van der Waals surface area contributed by atoms with Crippen molar-refractivity contribution in [2.24, 2.45) is 0 Å². The van der Waals surface area contributed by atoms with Crippen LogP contribution in [-0.2, 0) is 4.79 Å². The zero-order valence-corrected chi connectivity index (χ0v) is 15.8. The van der Waals surface area contributed by atoms with Gasteiger partial charge in [0.2, 0.25) is 6.41 Å². The normalized spacial score (nSPS) is 13.8. The van der Waals surface area contributed by atoms with E-state index in [1.165, 1.54) is 0 Å². The van der Waals surface area contributed by atoms with Crippen molar-refractivity contribution in [2.75, 3.05) is 38.1 Å². The van der Waals surface area contributed by atoms with Crippen LogP contribution in [0.25, 0.3) is 0 Å². The second-order valence-electron chi connectivity index (χ2n) is 6.42. The lowest BCUT2D eigenvalue weighted by molar-refractivity contribution is -0.119. The Balaban J connectivity index is 1.59. The average Bonchev–Trinajstić information content (AvgIpc) is 2.75. The first kappa shape index (κ1) is 19.4. The van der Waals surface area contributed by atoms with E-state index in [4.69, 9.17) is 4.74 Å². The highest BCUT2D eigenvalue weighted by Crippen LogP contribution is 2.17. The van der Waals surface area contributed by atoms with Crippen LogP contribution < -0.4 is 10.1 Å². The number of nitrogens with zero attached hydrogens (tertiary/aromatic N) is 2. The Morgan fingerprint density at radius 1 is 0.964 bits per heavy atom. The molecular weight excluding hydrogens is 358 g/mol. The zero-order chi connectivity index (χ0) is 19.9. The van der Waals surface area contributed by atoms with Gasteiger partial charge in [-0.25, -0.2) is 0 Å². The molecule has 0 radical (unpaired) electrons. The van der Waals surface area contributed by atoms with Gasteiger partial charge in [0.1, 0.15) is 5.75 Å². The number of carbonyl (C=O) groups excluding carboxylic acids is 3. The van der Waals surface area contributed by atoms with Crippen molar-refractivity contribution in [3.8, 4) is 5.75 Å². The largest absolute Gasteiger partial charge is 0.494 e. The summed E-state index contributed by atoms with van der Waals surface area (Å²) >= 11 is 0. The van der Waals surface area contributed by atoms with E-state index in [1.54, 1.807) is 58.3 Å². The first-order valence-corrected chi connectivity index (χ1v) is 9.23. The number of benzene rings is 2. The predicted molar refractivity (Wildman–Crippen MR) is 106 cm³/mol. The van der Waals surface area contributed by atoms with E-state index in [2.05, 4.69) is 5.32 Å². The van der Waals surface area contributed by atoms with Crippen molar-refractivity contribution in [1.82, 2.24) is 9.80 Å². The van der Waals surface area contributed by atoms with Crippen LogP contribution >= 0.6 is 0 Å². The predicted octanol–water partition coefficient (Wildman–Crippen LogP) is 2.25. The lowest BCUT2D eigenvalue weighted by Gasteiger charge is -2.32. The minimum atomic E-state index is -0.247. The molecule has 1 heterocycles. The zero-order valence-electron chi connectivity index (χ0n) is 15.8. The molecule has 3 rings (SSSR count). The quantitative estimate of drug-likeness (QED) is 0.779. The maximum atomic E-state index is 12.6. The van der Waals surface area contributed by atoms with Gasteiger partial charge in [0.05, 0.1) is 6.61 Å². The molecule has 1 fully saturated rings. The van der Waals surface area contributed by atoms with Crippen LogP contribution in [0.15, 0.2) is 48.5 Å². The van der Waals surface area contributed by atoms with Crippen LogP contribution in [0.2, 0.25) is 0 Å². The van der Waals surface area contributed by atoms with Gasteiger partial charge >= 0.3 is 0 Å². The maximum absolute atomic E-state index is 12.6. The number of ether oxygens (including phenoxy) is 1. The summed E-state index contributed by atoms with van der Waals surface area (Å²) in [7, 11) is 0. The molecular formula is C21H23N3O4. The molecule has 1 saturated heterocycles. The number of amides is 3. The van der Waals surface area contributed by atoms with Crippen LogP contribution in [0.1, 0.15) is 27.6 Å².